The maximum Gasteiger partial charge on any atom is 0.246 e. The molecule has 4 rings (SSSR count). The van der Waals surface area contributed by atoms with E-state index < -0.39 is 17.7 Å². The van der Waals surface area contributed by atoms with Crippen LogP contribution in [0.4, 0.5) is 14.6 Å². The van der Waals surface area contributed by atoms with Crippen LogP contribution in [0.15, 0.2) is 40.7 Å². The highest BCUT2D eigenvalue weighted by Gasteiger charge is 2.35. The summed E-state index contributed by atoms with van der Waals surface area (Å²) in [6.45, 7) is 1.41. The molecule has 6 nitrogen and oxygen atoms in total. The van der Waals surface area contributed by atoms with Crippen molar-refractivity contribution in [1.82, 2.24) is 15.0 Å². The fourth-order valence-corrected chi connectivity index (χ4v) is 4.17. The normalized spacial score (nSPS) is 19.8. The maximum atomic E-state index is 13.6. The van der Waals surface area contributed by atoms with Crippen LogP contribution in [0.1, 0.15) is 30.9 Å². The second kappa shape index (κ2) is 8.44. The number of thioether (sulfide) groups is 1. The number of carbonyl (C=O) groups is 1. The fourth-order valence-electron chi connectivity index (χ4n) is 3.82. The molecule has 152 valence electrons. The number of piperidine rings is 1. The van der Waals surface area contributed by atoms with Crippen LogP contribution in [0, 0.1) is 17.6 Å². The Balaban J connectivity index is 1.43. The van der Waals surface area contributed by atoms with Gasteiger partial charge < -0.3 is 4.90 Å². The number of hydrogen-bond acceptors (Lipinski definition) is 6. The fraction of sp³-hybridized carbons (Fsp3) is 0.400. The van der Waals surface area contributed by atoms with Gasteiger partial charge in [0.15, 0.2) is 5.16 Å². The maximum absolute atomic E-state index is 13.6. The van der Waals surface area contributed by atoms with E-state index in [0.717, 1.165) is 17.0 Å². The molecular formula is C20H21F2N5OS. The van der Waals surface area contributed by atoms with Crippen LogP contribution in [0.25, 0.3) is 0 Å². The van der Waals surface area contributed by atoms with Crippen molar-refractivity contribution in [3.63, 3.8) is 0 Å². The van der Waals surface area contributed by atoms with Crippen LogP contribution in [-0.4, -0.2) is 46.4 Å². The Morgan fingerprint density at radius 1 is 1.17 bits per heavy atom. The van der Waals surface area contributed by atoms with Gasteiger partial charge in [0.25, 0.3) is 0 Å². The molecule has 0 radical (unpaired) electrons. The molecule has 1 aromatic heterocycles. The summed E-state index contributed by atoms with van der Waals surface area (Å²) in [5, 5.41) is 6.32. The second-order valence-corrected chi connectivity index (χ2v) is 7.87. The topological polar surface area (TPSA) is 61.7 Å². The number of nitrogens with zero attached hydrogens (tertiary/aromatic N) is 5. The third kappa shape index (κ3) is 4.24. The number of hydrazone groups is 1. The van der Waals surface area contributed by atoms with E-state index in [-0.39, 0.29) is 11.8 Å². The van der Waals surface area contributed by atoms with Crippen molar-refractivity contribution >= 4 is 29.7 Å². The molecule has 3 heterocycles. The average Bonchev–Trinajstić information content (AvgIpc) is 3.23. The molecule has 2 aliphatic heterocycles. The molecule has 0 N–H and O–H groups in total. The van der Waals surface area contributed by atoms with E-state index in [1.807, 2.05) is 12.3 Å². The highest BCUT2D eigenvalue weighted by molar-refractivity contribution is 7.98. The Hall–Kier alpha value is -2.55. The van der Waals surface area contributed by atoms with Gasteiger partial charge in [-0.25, -0.2) is 23.8 Å². The number of amides is 1. The number of halogens is 2. The van der Waals surface area contributed by atoms with Gasteiger partial charge in [0.05, 0.1) is 6.04 Å². The van der Waals surface area contributed by atoms with Gasteiger partial charge in [0.2, 0.25) is 5.91 Å². The minimum absolute atomic E-state index is 0.0967. The van der Waals surface area contributed by atoms with E-state index in [2.05, 4.69) is 20.0 Å². The molecule has 0 bridgehead atoms. The van der Waals surface area contributed by atoms with Gasteiger partial charge in [-0.2, -0.15) is 5.10 Å². The van der Waals surface area contributed by atoms with Crippen LogP contribution < -0.4 is 4.90 Å². The zero-order chi connectivity index (χ0) is 20.4. The average molecular weight is 417 g/mol. The van der Waals surface area contributed by atoms with Crippen molar-refractivity contribution in [2.75, 3.05) is 24.2 Å². The van der Waals surface area contributed by atoms with E-state index in [4.69, 9.17) is 0 Å². The summed E-state index contributed by atoms with van der Waals surface area (Å²) in [6, 6.07) is 4.78. The van der Waals surface area contributed by atoms with E-state index in [9.17, 15) is 13.6 Å². The summed E-state index contributed by atoms with van der Waals surface area (Å²) in [4.78, 5) is 23.9. The molecule has 9 heteroatoms. The molecule has 1 atom stereocenters. The van der Waals surface area contributed by atoms with E-state index in [1.54, 1.807) is 12.4 Å². The minimum atomic E-state index is -0.651. The molecule has 1 fully saturated rings. The summed E-state index contributed by atoms with van der Waals surface area (Å²) in [5.74, 6) is -0.712. The Labute approximate surface area is 172 Å². The van der Waals surface area contributed by atoms with E-state index in [1.165, 1.54) is 28.9 Å². The third-order valence-corrected chi connectivity index (χ3v) is 5.86. The molecule has 1 saturated heterocycles. The van der Waals surface area contributed by atoms with Crippen LogP contribution in [0.5, 0.6) is 0 Å². The Kier molecular flexibility index (Phi) is 5.75. The van der Waals surface area contributed by atoms with Crippen molar-refractivity contribution in [2.45, 2.75) is 30.5 Å². The predicted octanol–water partition coefficient (Wildman–Crippen LogP) is 3.65. The Morgan fingerprint density at radius 2 is 1.90 bits per heavy atom. The third-order valence-electron chi connectivity index (χ3n) is 5.29. The monoisotopic (exact) mass is 417 g/mol. The van der Waals surface area contributed by atoms with Crippen LogP contribution in [0.3, 0.4) is 0 Å². The number of hydrogen-bond donors (Lipinski definition) is 0. The lowest BCUT2D eigenvalue weighted by molar-refractivity contribution is -0.138. The van der Waals surface area contributed by atoms with Gasteiger partial charge in [0, 0.05) is 43.9 Å². The quantitative estimate of drug-likeness (QED) is 0.561. The van der Waals surface area contributed by atoms with Crippen LogP contribution in [0.2, 0.25) is 0 Å². The number of benzene rings is 1. The van der Waals surface area contributed by atoms with Crippen molar-refractivity contribution in [3.05, 3.63) is 47.7 Å². The minimum Gasteiger partial charge on any atom is -0.356 e. The van der Waals surface area contributed by atoms with E-state index in [0.29, 0.717) is 37.9 Å². The van der Waals surface area contributed by atoms with Gasteiger partial charge in [-0.05, 0) is 42.9 Å². The summed E-state index contributed by atoms with van der Waals surface area (Å²) in [6.07, 6.45) is 7.10. The summed E-state index contributed by atoms with van der Waals surface area (Å²) >= 11 is 1.49. The van der Waals surface area contributed by atoms with Gasteiger partial charge in [-0.1, -0.05) is 11.8 Å². The molecule has 2 aliphatic rings. The lowest BCUT2D eigenvalue weighted by Gasteiger charge is -2.34. The molecule has 2 aromatic rings. The standard InChI is InChI=1S/C20H21F2N5OS/c1-29-20-23-6-3-18(25-20)26-8-4-13(5-9-26)19(28)27-17(2-7-24-27)14-10-15(21)12-16(22)11-14/h3,6-7,10-13,17H,2,4-5,8-9H2,1H3/t17-/m0/s1. The lowest BCUT2D eigenvalue weighted by Crippen LogP contribution is -2.41. The Bertz CT molecular complexity index is 913. The molecule has 29 heavy (non-hydrogen) atoms. The SMILES string of the molecule is CSc1nccc(N2CCC(C(=O)N3N=CC[C@H]3c3cc(F)cc(F)c3)CC2)n1. The molecule has 1 amide bonds. The molecule has 0 unspecified atom stereocenters. The number of anilines is 1. The van der Waals surface area contributed by atoms with Gasteiger partial charge >= 0.3 is 0 Å². The first-order chi connectivity index (χ1) is 14.0. The first-order valence-corrected chi connectivity index (χ1v) is 10.7. The first kappa shape index (κ1) is 19.8. The van der Waals surface area contributed by atoms with Crippen molar-refractivity contribution in [3.8, 4) is 0 Å². The molecular weight excluding hydrogens is 396 g/mol. The summed E-state index contributed by atoms with van der Waals surface area (Å²) in [7, 11) is 0. The zero-order valence-corrected chi connectivity index (χ0v) is 16.8. The van der Waals surface area contributed by atoms with Crippen molar-refractivity contribution in [1.29, 1.82) is 0 Å². The molecule has 1 aromatic carbocycles. The van der Waals surface area contributed by atoms with Crippen molar-refractivity contribution < 1.29 is 13.6 Å². The number of rotatable bonds is 4. The molecule has 0 aliphatic carbocycles. The summed E-state index contributed by atoms with van der Waals surface area (Å²) in [5.41, 5.74) is 0.427. The summed E-state index contributed by atoms with van der Waals surface area (Å²) < 4.78 is 27.2. The van der Waals surface area contributed by atoms with Gasteiger partial charge in [-0.3, -0.25) is 4.79 Å². The predicted molar refractivity (Wildman–Crippen MR) is 108 cm³/mol. The first-order valence-electron chi connectivity index (χ1n) is 9.48. The highest BCUT2D eigenvalue weighted by Crippen LogP contribution is 2.33. The van der Waals surface area contributed by atoms with Crippen LogP contribution >= 0.6 is 11.8 Å². The smallest absolute Gasteiger partial charge is 0.246 e. The van der Waals surface area contributed by atoms with Gasteiger partial charge in [0.1, 0.15) is 17.5 Å². The lowest BCUT2D eigenvalue weighted by atomic mass is 9.94. The van der Waals surface area contributed by atoms with Gasteiger partial charge in [-0.15, -0.1) is 0 Å². The Morgan fingerprint density at radius 3 is 2.59 bits per heavy atom. The number of aromatic nitrogens is 2. The van der Waals surface area contributed by atoms with Crippen molar-refractivity contribution in [2.24, 2.45) is 11.0 Å². The second-order valence-electron chi connectivity index (χ2n) is 7.10. The largest absolute Gasteiger partial charge is 0.356 e. The molecule has 0 spiro atoms. The highest BCUT2D eigenvalue weighted by atomic mass is 32.2. The van der Waals surface area contributed by atoms with Crippen LogP contribution in [-0.2, 0) is 4.79 Å². The number of carbonyl (C=O) groups excluding carboxylic acids is 1. The zero-order valence-electron chi connectivity index (χ0n) is 16.0. The van der Waals surface area contributed by atoms with E-state index >= 15 is 0 Å². The molecule has 0 saturated carbocycles.